The minimum atomic E-state index is 0.732. The fraction of sp³-hybridized carbons (Fsp3) is 0.143. The molecule has 0 aliphatic carbocycles. The van der Waals surface area contributed by atoms with Gasteiger partial charge in [0.2, 0.25) is 0 Å². The molecule has 0 aliphatic rings. The summed E-state index contributed by atoms with van der Waals surface area (Å²) in [6.45, 7) is 6.33. The number of aromatic nitrogens is 2. The average molecular weight is 380 g/mol. The van der Waals surface area contributed by atoms with Crippen molar-refractivity contribution >= 4 is 44.7 Å². The summed E-state index contributed by atoms with van der Waals surface area (Å²) in [5.41, 5.74) is 5.76. The Kier molecular flexibility index (Phi) is 4.39. The van der Waals surface area contributed by atoms with Crippen LogP contribution in [0.25, 0.3) is 21.3 Å². The molecule has 5 heteroatoms. The zero-order valence-corrected chi connectivity index (χ0v) is 16.4. The lowest BCUT2D eigenvalue weighted by atomic mass is 10.0. The van der Waals surface area contributed by atoms with E-state index in [0.717, 1.165) is 37.9 Å². The first-order valence-corrected chi connectivity index (χ1v) is 9.57. The van der Waals surface area contributed by atoms with Gasteiger partial charge in [-0.1, -0.05) is 41.9 Å². The number of para-hydroxylation sites is 1. The number of nitrogens with zero attached hydrogens (tertiary/aromatic N) is 2. The second kappa shape index (κ2) is 6.71. The first-order chi connectivity index (χ1) is 12.5. The number of rotatable bonds is 3. The van der Waals surface area contributed by atoms with Crippen LogP contribution in [0.1, 0.15) is 16.0 Å². The lowest BCUT2D eigenvalue weighted by Crippen LogP contribution is -1.99. The summed E-state index contributed by atoms with van der Waals surface area (Å²) in [6.07, 6.45) is 1.62. The maximum atomic E-state index is 6.07. The number of thiophene rings is 1. The van der Waals surface area contributed by atoms with Crippen molar-refractivity contribution in [3.05, 3.63) is 69.8 Å². The van der Waals surface area contributed by atoms with E-state index >= 15 is 0 Å². The number of nitrogens with one attached hydrogen (secondary N) is 1. The number of fused-ring (bicyclic) bond motifs is 1. The van der Waals surface area contributed by atoms with E-state index in [2.05, 4.69) is 54.3 Å². The Morgan fingerprint density at radius 2 is 1.62 bits per heavy atom. The molecule has 2 heterocycles. The third-order valence-corrected chi connectivity index (χ3v) is 5.79. The van der Waals surface area contributed by atoms with E-state index in [-0.39, 0.29) is 0 Å². The second-order valence-electron chi connectivity index (χ2n) is 6.33. The van der Waals surface area contributed by atoms with Gasteiger partial charge in [0.1, 0.15) is 17.0 Å². The van der Waals surface area contributed by atoms with Gasteiger partial charge in [-0.15, -0.1) is 11.3 Å². The smallest absolute Gasteiger partial charge is 0.143 e. The molecule has 0 unspecified atom stereocenters. The average Bonchev–Trinajstić information content (AvgIpc) is 2.96. The highest BCUT2D eigenvalue weighted by molar-refractivity contribution is 7.19. The summed E-state index contributed by atoms with van der Waals surface area (Å²) in [5.74, 6) is 0.835. The summed E-state index contributed by atoms with van der Waals surface area (Å²) in [5, 5.41) is 5.34. The predicted molar refractivity (Wildman–Crippen MR) is 112 cm³/mol. The monoisotopic (exact) mass is 379 g/mol. The van der Waals surface area contributed by atoms with Crippen LogP contribution in [0.5, 0.6) is 0 Å². The molecule has 0 spiro atoms. The molecule has 0 saturated carbocycles. The summed E-state index contributed by atoms with van der Waals surface area (Å²) in [6, 6.07) is 14.2. The van der Waals surface area contributed by atoms with Crippen LogP contribution < -0.4 is 5.32 Å². The SMILES string of the molecule is Cc1cccc(C)c1Nc1ncnc2sc(C)c(-c3ccc(Cl)cc3)c12. The Bertz CT molecular complexity index is 1080. The molecule has 2 aromatic carbocycles. The molecule has 0 saturated heterocycles. The van der Waals surface area contributed by atoms with E-state index < -0.39 is 0 Å². The van der Waals surface area contributed by atoms with E-state index in [1.54, 1.807) is 17.7 Å². The van der Waals surface area contributed by atoms with E-state index in [1.165, 1.54) is 16.0 Å². The van der Waals surface area contributed by atoms with Gasteiger partial charge in [-0.2, -0.15) is 0 Å². The van der Waals surface area contributed by atoms with Gasteiger partial charge in [0, 0.05) is 21.2 Å². The molecule has 0 atom stereocenters. The zero-order chi connectivity index (χ0) is 18.3. The Morgan fingerprint density at radius 1 is 0.923 bits per heavy atom. The summed E-state index contributed by atoms with van der Waals surface area (Å²) < 4.78 is 0. The molecule has 1 N–H and O–H groups in total. The molecule has 2 aromatic heterocycles. The van der Waals surface area contributed by atoms with Crippen LogP contribution in [0.4, 0.5) is 11.5 Å². The Hall–Kier alpha value is -2.43. The van der Waals surface area contributed by atoms with E-state index in [0.29, 0.717) is 0 Å². The Balaban J connectivity index is 1.92. The molecule has 130 valence electrons. The van der Waals surface area contributed by atoms with Crippen LogP contribution >= 0.6 is 22.9 Å². The topological polar surface area (TPSA) is 37.8 Å². The van der Waals surface area contributed by atoms with E-state index in [1.807, 2.05) is 24.3 Å². The van der Waals surface area contributed by atoms with Crippen molar-refractivity contribution in [2.24, 2.45) is 0 Å². The van der Waals surface area contributed by atoms with Crippen molar-refractivity contribution in [3.63, 3.8) is 0 Å². The lowest BCUT2D eigenvalue weighted by molar-refractivity contribution is 1.22. The molecule has 26 heavy (non-hydrogen) atoms. The van der Waals surface area contributed by atoms with Crippen molar-refractivity contribution in [1.29, 1.82) is 0 Å². The number of benzene rings is 2. The maximum absolute atomic E-state index is 6.07. The zero-order valence-electron chi connectivity index (χ0n) is 14.8. The van der Waals surface area contributed by atoms with Crippen molar-refractivity contribution < 1.29 is 0 Å². The van der Waals surface area contributed by atoms with Gasteiger partial charge in [0.25, 0.3) is 0 Å². The lowest BCUT2D eigenvalue weighted by Gasteiger charge is -2.13. The van der Waals surface area contributed by atoms with Crippen LogP contribution in [0.3, 0.4) is 0 Å². The standard InChI is InChI=1S/C21H18ClN3S/c1-12-5-4-6-13(2)19(12)25-20-18-17(15-7-9-16(22)10-8-15)14(3)26-21(18)24-11-23-20/h4-11H,1-3H3,(H,23,24,25). The predicted octanol–water partition coefficient (Wildman–Crippen LogP) is 6.68. The van der Waals surface area contributed by atoms with Crippen molar-refractivity contribution in [2.45, 2.75) is 20.8 Å². The number of anilines is 2. The third-order valence-electron chi connectivity index (χ3n) is 4.52. The van der Waals surface area contributed by atoms with Gasteiger partial charge in [-0.05, 0) is 49.6 Å². The van der Waals surface area contributed by atoms with Gasteiger partial charge in [0.15, 0.2) is 0 Å². The number of hydrogen-bond donors (Lipinski definition) is 1. The largest absolute Gasteiger partial charge is 0.339 e. The minimum absolute atomic E-state index is 0.732. The molecule has 4 aromatic rings. The van der Waals surface area contributed by atoms with Crippen molar-refractivity contribution in [1.82, 2.24) is 9.97 Å². The van der Waals surface area contributed by atoms with Crippen LogP contribution in [0.15, 0.2) is 48.8 Å². The van der Waals surface area contributed by atoms with Gasteiger partial charge in [-0.25, -0.2) is 9.97 Å². The number of aryl methyl sites for hydroxylation is 3. The molecular formula is C21H18ClN3S. The summed E-state index contributed by atoms with van der Waals surface area (Å²) in [7, 11) is 0. The fourth-order valence-corrected chi connectivity index (χ4v) is 4.37. The number of halogens is 1. The first-order valence-electron chi connectivity index (χ1n) is 8.38. The summed E-state index contributed by atoms with van der Waals surface area (Å²) >= 11 is 7.76. The molecule has 0 radical (unpaired) electrons. The molecule has 0 bridgehead atoms. The number of hydrogen-bond acceptors (Lipinski definition) is 4. The van der Waals surface area contributed by atoms with Gasteiger partial charge in [0.05, 0.1) is 5.39 Å². The Labute approximate surface area is 161 Å². The minimum Gasteiger partial charge on any atom is -0.339 e. The van der Waals surface area contributed by atoms with Crippen LogP contribution in [-0.4, -0.2) is 9.97 Å². The second-order valence-corrected chi connectivity index (χ2v) is 7.97. The molecular weight excluding hydrogens is 362 g/mol. The van der Waals surface area contributed by atoms with Crippen molar-refractivity contribution in [3.8, 4) is 11.1 Å². The van der Waals surface area contributed by atoms with E-state index in [4.69, 9.17) is 11.6 Å². The molecule has 0 aliphatic heterocycles. The van der Waals surface area contributed by atoms with Gasteiger partial charge < -0.3 is 5.32 Å². The van der Waals surface area contributed by atoms with E-state index in [9.17, 15) is 0 Å². The molecule has 0 amide bonds. The highest BCUT2D eigenvalue weighted by atomic mass is 35.5. The van der Waals surface area contributed by atoms with Crippen LogP contribution in [0, 0.1) is 20.8 Å². The van der Waals surface area contributed by atoms with Gasteiger partial charge in [-0.3, -0.25) is 0 Å². The summed E-state index contributed by atoms with van der Waals surface area (Å²) in [4.78, 5) is 11.3. The fourth-order valence-electron chi connectivity index (χ4n) is 3.23. The highest BCUT2D eigenvalue weighted by Crippen LogP contribution is 2.41. The molecule has 4 rings (SSSR count). The Morgan fingerprint density at radius 3 is 2.31 bits per heavy atom. The quantitative estimate of drug-likeness (QED) is 0.431. The highest BCUT2D eigenvalue weighted by Gasteiger charge is 2.17. The maximum Gasteiger partial charge on any atom is 0.143 e. The molecule has 0 fully saturated rings. The third kappa shape index (κ3) is 2.96. The first kappa shape index (κ1) is 17.0. The molecule has 3 nitrogen and oxygen atoms in total. The normalized spacial score (nSPS) is 11.1. The van der Waals surface area contributed by atoms with Crippen molar-refractivity contribution in [2.75, 3.05) is 5.32 Å². The van der Waals surface area contributed by atoms with Gasteiger partial charge >= 0.3 is 0 Å². The van der Waals surface area contributed by atoms with Crippen LogP contribution in [-0.2, 0) is 0 Å². The van der Waals surface area contributed by atoms with Crippen LogP contribution in [0.2, 0.25) is 5.02 Å².